The lowest BCUT2D eigenvalue weighted by Gasteiger charge is -2.34. The normalized spacial score (nSPS) is 20.0. The Morgan fingerprint density at radius 3 is 2.75 bits per heavy atom. The molecule has 1 aliphatic rings. The highest BCUT2D eigenvalue weighted by molar-refractivity contribution is 5.53. The van der Waals surface area contributed by atoms with Crippen molar-refractivity contribution in [3.05, 3.63) is 36.2 Å². The third-order valence-corrected chi connectivity index (χ3v) is 4.33. The van der Waals surface area contributed by atoms with E-state index in [0.717, 1.165) is 24.5 Å². The molecule has 0 bridgehead atoms. The maximum Gasteiger partial charge on any atom is 0.232 e. The lowest BCUT2D eigenvalue weighted by Crippen LogP contribution is -2.40. The average molecular weight is 271 g/mol. The highest BCUT2D eigenvalue weighted by atomic mass is 16.5. The van der Waals surface area contributed by atoms with Crippen molar-refractivity contribution in [3.8, 4) is 11.4 Å². The SMILES string of the molecule is CC(C)(c1nc(-c2ccccc2)no1)C1CCCNC1. The Morgan fingerprint density at radius 2 is 2.05 bits per heavy atom. The number of aromatic nitrogens is 2. The maximum atomic E-state index is 5.55. The van der Waals surface area contributed by atoms with Crippen LogP contribution in [0.5, 0.6) is 0 Å². The summed E-state index contributed by atoms with van der Waals surface area (Å²) in [5.74, 6) is 1.96. The smallest absolute Gasteiger partial charge is 0.232 e. The van der Waals surface area contributed by atoms with E-state index >= 15 is 0 Å². The third-order valence-electron chi connectivity index (χ3n) is 4.33. The summed E-state index contributed by atoms with van der Waals surface area (Å²) in [5.41, 5.74) is 0.910. The summed E-state index contributed by atoms with van der Waals surface area (Å²) in [6.07, 6.45) is 2.43. The second-order valence-electron chi connectivity index (χ2n) is 6.05. The van der Waals surface area contributed by atoms with E-state index in [1.54, 1.807) is 0 Å². The Balaban J connectivity index is 1.85. The highest BCUT2D eigenvalue weighted by Gasteiger charge is 2.37. The molecule has 4 nitrogen and oxygen atoms in total. The van der Waals surface area contributed by atoms with Crippen molar-refractivity contribution in [2.24, 2.45) is 5.92 Å². The molecule has 0 spiro atoms. The summed E-state index contributed by atoms with van der Waals surface area (Å²) < 4.78 is 5.55. The molecular weight excluding hydrogens is 250 g/mol. The fraction of sp³-hybridized carbons (Fsp3) is 0.500. The van der Waals surface area contributed by atoms with Crippen LogP contribution in [-0.4, -0.2) is 23.2 Å². The lowest BCUT2D eigenvalue weighted by molar-refractivity contribution is 0.196. The van der Waals surface area contributed by atoms with Crippen molar-refractivity contribution in [2.45, 2.75) is 32.1 Å². The number of benzene rings is 1. The molecule has 1 N–H and O–H groups in total. The van der Waals surface area contributed by atoms with Gasteiger partial charge in [-0.3, -0.25) is 0 Å². The standard InChI is InChI=1S/C16H21N3O/c1-16(2,13-9-6-10-17-11-13)15-18-14(19-20-15)12-7-4-3-5-8-12/h3-5,7-8,13,17H,6,9-11H2,1-2H3. The van der Waals surface area contributed by atoms with Crippen LogP contribution in [0.25, 0.3) is 11.4 Å². The topological polar surface area (TPSA) is 51.0 Å². The van der Waals surface area contributed by atoms with Crippen LogP contribution >= 0.6 is 0 Å². The van der Waals surface area contributed by atoms with Crippen molar-refractivity contribution >= 4 is 0 Å². The number of piperidine rings is 1. The summed E-state index contributed by atoms with van der Waals surface area (Å²) in [6.45, 7) is 6.54. The van der Waals surface area contributed by atoms with Crippen LogP contribution in [0.3, 0.4) is 0 Å². The van der Waals surface area contributed by atoms with E-state index in [9.17, 15) is 0 Å². The summed E-state index contributed by atoms with van der Waals surface area (Å²) in [6, 6.07) is 9.97. The number of rotatable bonds is 3. The predicted octanol–water partition coefficient (Wildman–Crippen LogP) is 3.01. The van der Waals surface area contributed by atoms with Gasteiger partial charge in [0.15, 0.2) is 0 Å². The van der Waals surface area contributed by atoms with Gasteiger partial charge in [-0.2, -0.15) is 4.98 Å². The first-order valence-corrected chi connectivity index (χ1v) is 7.28. The largest absolute Gasteiger partial charge is 0.338 e. The fourth-order valence-corrected chi connectivity index (χ4v) is 2.83. The molecule has 1 aromatic carbocycles. The van der Waals surface area contributed by atoms with E-state index in [1.165, 1.54) is 12.8 Å². The molecule has 1 aromatic heterocycles. The van der Waals surface area contributed by atoms with E-state index < -0.39 is 0 Å². The average Bonchev–Trinajstić information content (AvgIpc) is 3.00. The fourth-order valence-electron chi connectivity index (χ4n) is 2.83. The minimum Gasteiger partial charge on any atom is -0.338 e. The van der Waals surface area contributed by atoms with Gasteiger partial charge in [-0.05, 0) is 31.8 Å². The van der Waals surface area contributed by atoms with Crippen LogP contribution in [-0.2, 0) is 5.41 Å². The van der Waals surface area contributed by atoms with Crippen molar-refractivity contribution < 1.29 is 4.52 Å². The van der Waals surface area contributed by atoms with Crippen molar-refractivity contribution in [2.75, 3.05) is 13.1 Å². The number of hydrogen-bond acceptors (Lipinski definition) is 4. The van der Waals surface area contributed by atoms with Crippen LogP contribution in [0, 0.1) is 5.92 Å². The maximum absolute atomic E-state index is 5.55. The summed E-state index contributed by atoms with van der Waals surface area (Å²) >= 11 is 0. The minimum atomic E-state index is -0.0898. The van der Waals surface area contributed by atoms with Crippen molar-refractivity contribution in [3.63, 3.8) is 0 Å². The predicted molar refractivity (Wildman–Crippen MR) is 78.4 cm³/mol. The molecule has 1 atom stereocenters. The second kappa shape index (κ2) is 5.37. The first-order chi connectivity index (χ1) is 9.68. The summed E-state index contributed by atoms with van der Waals surface area (Å²) in [7, 11) is 0. The molecule has 0 saturated carbocycles. The van der Waals surface area contributed by atoms with E-state index in [4.69, 9.17) is 4.52 Å². The first-order valence-electron chi connectivity index (χ1n) is 7.28. The molecule has 1 saturated heterocycles. The molecule has 20 heavy (non-hydrogen) atoms. The van der Waals surface area contributed by atoms with Gasteiger partial charge in [-0.25, -0.2) is 0 Å². The van der Waals surface area contributed by atoms with Crippen LogP contribution in [0.4, 0.5) is 0 Å². The van der Waals surface area contributed by atoms with E-state index in [-0.39, 0.29) is 5.41 Å². The van der Waals surface area contributed by atoms with Gasteiger partial charge in [0.2, 0.25) is 11.7 Å². The molecule has 1 aliphatic heterocycles. The van der Waals surface area contributed by atoms with Crippen molar-refractivity contribution in [1.29, 1.82) is 0 Å². The Kier molecular flexibility index (Phi) is 3.57. The molecule has 0 amide bonds. The van der Waals surface area contributed by atoms with Gasteiger partial charge in [0.05, 0.1) is 0 Å². The number of nitrogens with one attached hydrogen (secondary N) is 1. The minimum absolute atomic E-state index is 0.0898. The Morgan fingerprint density at radius 1 is 1.25 bits per heavy atom. The van der Waals surface area contributed by atoms with E-state index in [1.807, 2.05) is 30.3 Å². The van der Waals surface area contributed by atoms with Gasteiger partial charge < -0.3 is 9.84 Å². The molecule has 1 fully saturated rings. The molecular formula is C16H21N3O. The van der Waals surface area contributed by atoms with E-state index in [0.29, 0.717) is 11.7 Å². The Bertz CT molecular complexity index is 556. The Labute approximate surface area is 119 Å². The van der Waals surface area contributed by atoms with Gasteiger partial charge in [0.1, 0.15) is 0 Å². The van der Waals surface area contributed by atoms with Gasteiger partial charge in [-0.15, -0.1) is 0 Å². The van der Waals surface area contributed by atoms with Crippen LogP contribution in [0.1, 0.15) is 32.6 Å². The molecule has 106 valence electrons. The monoisotopic (exact) mass is 271 g/mol. The third kappa shape index (κ3) is 2.48. The van der Waals surface area contributed by atoms with Gasteiger partial charge in [0, 0.05) is 11.0 Å². The molecule has 0 radical (unpaired) electrons. The molecule has 1 unspecified atom stereocenters. The van der Waals surface area contributed by atoms with Crippen LogP contribution in [0.2, 0.25) is 0 Å². The quantitative estimate of drug-likeness (QED) is 0.932. The van der Waals surface area contributed by atoms with Crippen LogP contribution < -0.4 is 5.32 Å². The van der Waals surface area contributed by atoms with Crippen LogP contribution in [0.15, 0.2) is 34.9 Å². The van der Waals surface area contributed by atoms with E-state index in [2.05, 4.69) is 29.3 Å². The molecule has 2 heterocycles. The number of nitrogens with zero attached hydrogens (tertiary/aromatic N) is 2. The molecule has 0 aliphatic carbocycles. The van der Waals surface area contributed by atoms with Gasteiger partial charge >= 0.3 is 0 Å². The zero-order valence-corrected chi connectivity index (χ0v) is 12.1. The van der Waals surface area contributed by atoms with Gasteiger partial charge in [-0.1, -0.05) is 49.3 Å². The second-order valence-corrected chi connectivity index (χ2v) is 6.05. The lowest BCUT2D eigenvalue weighted by atomic mass is 9.75. The Hall–Kier alpha value is -1.68. The zero-order chi connectivity index (χ0) is 14.0. The molecule has 2 aromatic rings. The molecule has 3 rings (SSSR count). The van der Waals surface area contributed by atoms with Crippen molar-refractivity contribution in [1.82, 2.24) is 15.5 Å². The van der Waals surface area contributed by atoms with Gasteiger partial charge in [0.25, 0.3) is 0 Å². The molecule has 4 heteroatoms. The number of hydrogen-bond donors (Lipinski definition) is 1. The summed E-state index contributed by atoms with van der Waals surface area (Å²) in [5, 5.41) is 7.60. The zero-order valence-electron chi connectivity index (χ0n) is 12.1. The summed E-state index contributed by atoms with van der Waals surface area (Å²) in [4.78, 5) is 4.62. The first kappa shape index (κ1) is 13.3. The highest BCUT2D eigenvalue weighted by Crippen LogP contribution is 2.35.